The maximum Gasteiger partial charge on any atom is 0.258 e. The quantitative estimate of drug-likeness (QED) is 0.172. The molecule has 0 unspecified atom stereocenters. The molecule has 2 aromatic carbocycles. The summed E-state index contributed by atoms with van der Waals surface area (Å²) in [5.41, 5.74) is 11.9. The summed E-state index contributed by atoms with van der Waals surface area (Å²) in [5, 5.41) is 14.3. The molecule has 10 heteroatoms. The first-order valence-corrected chi connectivity index (χ1v) is 14.9. The van der Waals surface area contributed by atoms with Crippen molar-refractivity contribution >= 4 is 17.5 Å². The number of nitrogens with two attached hydrogens (primary N) is 1. The minimum Gasteiger partial charge on any atom is -0.497 e. The number of carbonyl (C=O) groups is 1. The number of aromatic nitrogens is 5. The summed E-state index contributed by atoms with van der Waals surface area (Å²) in [6, 6.07) is 21.5. The standard InChI is InChI=1S/C19H20N4O2.C16H23N3O/c1-13-6-8-15(12-20-13)19(24)21-18-11-16(22-23-18)9-7-14-4-3-5-17(10-14)25-2;1-16(2,3)19-15(17)13(11-18-19)9-8-12-6-5-7-14(10-12)20-4/h3-6,8,10-12H,7,9H2,1-2H3,(H2,21,22,23,24);5-7,10-11H,8-9,17H2,1-4H3. The van der Waals surface area contributed by atoms with Crippen molar-refractivity contribution in [2.24, 2.45) is 0 Å². The molecule has 3 heterocycles. The number of rotatable bonds is 10. The maximum absolute atomic E-state index is 12.2. The lowest BCUT2D eigenvalue weighted by Gasteiger charge is -2.21. The van der Waals surface area contributed by atoms with Crippen LogP contribution in [0.5, 0.6) is 11.5 Å². The third-order valence-corrected chi connectivity index (χ3v) is 7.20. The number of hydrogen-bond acceptors (Lipinski definition) is 7. The summed E-state index contributed by atoms with van der Waals surface area (Å²) in [5.74, 6) is 2.86. The Labute approximate surface area is 265 Å². The topological polar surface area (TPSA) is 133 Å². The minimum absolute atomic E-state index is 0.0850. The Morgan fingerprint density at radius 2 is 1.53 bits per heavy atom. The average molecular weight is 610 g/mol. The van der Waals surface area contributed by atoms with E-state index in [1.54, 1.807) is 32.5 Å². The Morgan fingerprint density at radius 1 is 0.889 bits per heavy atom. The number of hydrogen-bond donors (Lipinski definition) is 3. The van der Waals surface area contributed by atoms with Gasteiger partial charge in [0, 0.05) is 23.5 Å². The van der Waals surface area contributed by atoms with Crippen LogP contribution in [0.2, 0.25) is 0 Å². The molecular weight excluding hydrogens is 566 g/mol. The van der Waals surface area contributed by atoms with Gasteiger partial charge in [0.15, 0.2) is 0 Å². The highest BCUT2D eigenvalue weighted by atomic mass is 16.5. The number of benzene rings is 2. The molecule has 3 aromatic heterocycles. The van der Waals surface area contributed by atoms with E-state index in [1.807, 2.05) is 54.2 Å². The number of nitrogen functional groups attached to an aromatic ring is 1. The summed E-state index contributed by atoms with van der Waals surface area (Å²) in [4.78, 5) is 16.3. The van der Waals surface area contributed by atoms with E-state index in [0.717, 1.165) is 60.0 Å². The Hall–Kier alpha value is -5.12. The van der Waals surface area contributed by atoms with Crippen LogP contribution < -0.4 is 20.5 Å². The summed E-state index contributed by atoms with van der Waals surface area (Å²) < 4.78 is 12.4. The zero-order chi connectivity index (χ0) is 32.4. The molecule has 45 heavy (non-hydrogen) atoms. The van der Waals surface area contributed by atoms with E-state index in [1.165, 1.54) is 11.1 Å². The van der Waals surface area contributed by atoms with Gasteiger partial charge in [-0.05, 0) is 101 Å². The van der Waals surface area contributed by atoms with Crippen LogP contribution in [0.25, 0.3) is 0 Å². The number of nitrogens with one attached hydrogen (secondary N) is 2. The summed E-state index contributed by atoms with van der Waals surface area (Å²) in [7, 11) is 3.34. The third kappa shape index (κ3) is 9.43. The smallest absolute Gasteiger partial charge is 0.258 e. The molecule has 236 valence electrons. The van der Waals surface area contributed by atoms with Crippen molar-refractivity contribution in [3.8, 4) is 11.5 Å². The van der Waals surface area contributed by atoms with Gasteiger partial charge < -0.3 is 20.5 Å². The summed E-state index contributed by atoms with van der Waals surface area (Å²) in [6.45, 7) is 8.18. The highest BCUT2D eigenvalue weighted by Gasteiger charge is 2.19. The van der Waals surface area contributed by atoms with Gasteiger partial charge in [-0.25, -0.2) is 4.68 Å². The van der Waals surface area contributed by atoms with E-state index in [9.17, 15) is 4.79 Å². The largest absolute Gasteiger partial charge is 0.497 e. The molecule has 0 saturated carbocycles. The molecule has 0 radical (unpaired) electrons. The highest BCUT2D eigenvalue weighted by molar-refractivity contribution is 6.03. The Balaban J connectivity index is 0.000000210. The van der Waals surface area contributed by atoms with Gasteiger partial charge in [-0.1, -0.05) is 24.3 Å². The summed E-state index contributed by atoms with van der Waals surface area (Å²) in [6.07, 6.45) is 6.86. The second kappa shape index (κ2) is 15.1. The van der Waals surface area contributed by atoms with Crippen molar-refractivity contribution in [1.29, 1.82) is 0 Å². The number of methoxy groups -OCH3 is 2. The number of H-pyrrole nitrogens is 1. The Morgan fingerprint density at radius 3 is 2.09 bits per heavy atom. The van der Waals surface area contributed by atoms with Crippen molar-refractivity contribution < 1.29 is 14.3 Å². The molecule has 10 nitrogen and oxygen atoms in total. The Bertz CT molecular complexity index is 1680. The van der Waals surface area contributed by atoms with E-state index < -0.39 is 0 Å². The number of amides is 1. The zero-order valence-corrected chi connectivity index (χ0v) is 26.9. The molecule has 0 aliphatic carbocycles. The van der Waals surface area contributed by atoms with Gasteiger partial charge in [-0.3, -0.25) is 14.9 Å². The predicted octanol–water partition coefficient (Wildman–Crippen LogP) is 6.17. The first kappa shape index (κ1) is 32.8. The van der Waals surface area contributed by atoms with E-state index in [-0.39, 0.29) is 11.4 Å². The molecule has 0 atom stereocenters. The van der Waals surface area contributed by atoms with E-state index in [0.29, 0.717) is 11.4 Å². The van der Waals surface area contributed by atoms with E-state index >= 15 is 0 Å². The van der Waals surface area contributed by atoms with Gasteiger partial charge in [-0.15, -0.1) is 0 Å². The highest BCUT2D eigenvalue weighted by Crippen LogP contribution is 2.23. The van der Waals surface area contributed by atoms with Crippen LogP contribution in [0.3, 0.4) is 0 Å². The molecule has 0 bridgehead atoms. The molecule has 5 aromatic rings. The fraction of sp³-hybridized carbons (Fsp3) is 0.314. The molecule has 0 saturated heterocycles. The SMILES string of the molecule is COc1cccc(CCc2cc(NC(=O)c3ccc(C)nc3)[nH]n2)c1.COc1cccc(CCc2cnn(C(C)(C)C)c2N)c1. The van der Waals surface area contributed by atoms with Gasteiger partial charge in [0.2, 0.25) is 0 Å². The number of nitrogens with zero attached hydrogens (tertiary/aromatic N) is 4. The average Bonchev–Trinajstić information content (AvgIpc) is 3.65. The normalized spacial score (nSPS) is 11.0. The lowest BCUT2D eigenvalue weighted by Crippen LogP contribution is -2.24. The number of pyridine rings is 1. The van der Waals surface area contributed by atoms with Crippen molar-refractivity contribution in [2.75, 3.05) is 25.3 Å². The van der Waals surface area contributed by atoms with Crippen LogP contribution in [-0.2, 0) is 31.2 Å². The second-order valence-corrected chi connectivity index (χ2v) is 11.8. The van der Waals surface area contributed by atoms with Gasteiger partial charge in [-0.2, -0.15) is 10.2 Å². The number of carbonyl (C=O) groups excluding carboxylic acids is 1. The predicted molar refractivity (Wildman–Crippen MR) is 178 cm³/mol. The molecule has 0 aliphatic rings. The number of aromatic amines is 1. The van der Waals surface area contributed by atoms with Crippen molar-refractivity contribution in [3.05, 3.63) is 113 Å². The molecular formula is C35H43N7O3. The summed E-state index contributed by atoms with van der Waals surface area (Å²) >= 11 is 0. The van der Waals surface area contributed by atoms with Crippen LogP contribution in [0.4, 0.5) is 11.6 Å². The van der Waals surface area contributed by atoms with Gasteiger partial charge >= 0.3 is 0 Å². The van der Waals surface area contributed by atoms with Gasteiger partial charge in [0.1, 0.15) is 23.1 Å². The van der Waals surface area contributed by atoms with Crippen LogP contribution in [-0.4, -0.2) is 45.1 Å². The Kier molecular flexibility index (Phi) is 11.0. The fourth-order valence-corrected chi connectivity index (χ4v) is 4.68. The van der Waals surface area contributed by atoms with Crippen molar-refractivity contribution in [1.82, 2.24) is 25.0 Å². The molecule has 4 N–H and O–H groups in total. The maximum atomic E-state index is 12.2. The third-order valence-electron chi connectivity index (χ3n) is 7.20. The minimum atomic E-state index is -0.213. The van der Waals surface area contributed by atoms with Crippen LogP contribution in [0.1, 0.15) is 59.2 Å². The molecule has 0 aliphatic heterocycles. The monoisotopic (exact) mass is 609 g/mol. The van der Waals surface area contributed by atoms with Crippen LogP contribution in [0, 0.1) is 6.92 Å². The van der Waals surface area contributed by atoms with Crippen LogP contribution in [0.15, 0.2) is 79.1 Å². The van der Waals surface area contributed by atoms with Gasteiger partial charge in [0.25, 0.3) is 5.91 Å². The number of ether oxygens (including phenoxy) is 2. The fourth-order valence-electron chi connectivity index (χ4n) is 4.68. The first-order chi connectivity index (χ1) is 21.5. The molecule has 1 amide bonds. The van der Waals surface area contributed by atoms with E-state index in [2.05, 4.69) is 64.6 Å². The molecule has 0 spiro atoms. The molecule has 0 fully saturated rings. The lowest BCUT2D eigenvalue weighted by atomic mass is 10.1. The second-order valence-electron chi connectivity index (χ2n) is 11.8. The number of aryl methyl sites for hydroxylation is 5. The molecule has 5 rings (SSSR count). The number of anilines is 2. The van der Waals surface area contributed by atoms with Crippen molar-refractivity contribution in [3.63, 3.8) is 0 Å². The first-order valence-electron chi connectivity index (χ1n) is 14.9. The van der Waals surface area contributed by atoms with Gasteiger partial charge in [0.05, 0.1) is 37.2 Å². The lowest BCUT2D eigenvalue weighted by molar-refractivity contribution is 0.102. The zero-order valence-electron chi connectivity index (χ0n) is 26.9. The van der Waals surface area contributed by atoms with E-state index in [4.69, 9.17) is 15.2 Å². The van der Waals surface area contributed by atoms with Crippen molar-refractivity contribution in [2.45, 2.75) is 58.9 Å². The van der Waals surface area contributed by atoms with Crippen LogP contribution >= 0.6 is 0 Å².